The molecule has 26 heavy (non-hydrogen) atoms. The standard InChI is InChI=1S/C19H28N2O3S.ClH/c1-19(2)13-21(10-8-17(19)20)18(22)9-11-25(23,24)16-7-6-14-4-3-5-15(14)12-16;/h6-7,12,17H,3-5,8-11,13,20H2,1-2H3;1H. The van der Waals surface area contributed by atoms with E-state index in [1.807, 2.05) is 6.07 Å². The molecule has 1 amide bonds. The van der Waals surface area contributed by atoms with Crippen LogP contribution >= 0.6 is 12.4 Å². The first-order chi connectivity index (χ1) is 11.7. The van der Waals surface area contributed by atoms with Crippen molar-refractivity contribution in [3.05, 3.63) is 29.3 Å². The third-order valence-corrected chi connectivity index (χ3v) is 7.39. The number of hydrogen-bond donors (Lipinski definition) is 1. The molecule has 5 nitrogen and oxygen atoms in total. The van der Waals surface area contributed by atoms with E-state index in [0.717, 1.165) is 31.2 Å². The van der Waals surface area contributed by atoms with Crippen molar-refractivity contribution in [2.24, 2.45) is 11.1 Å². The molecule has 0 radical (unpaired) electrons. The second-order valence-corrected chi connectivity index (χ2v) is 10.2. The Morgan fingerprint density at radius 3 is 2.65 bits per heavy atom. The summed E-state index contributed by atoms with van der Waals surface area (Å²) in [6.07, 6.45) is 3.85. The molecule has 1 saturated heterocycles. The van der Waals surface area contributed by atoms with Crippen LogP contribution in [0.4, 0.5) is 0 Å². The van der Waals surface area contributed by atoms with Crippen LogP contribution in [-0.4, -0.2) is 44.1 Å². The fourth-order valence-electron chi connectivity index (χ4n) is 3.83. The largest absolute Gasteiger partial charge is 0.342 e. The molecule has 1 heterocycles. The average molecular weight is 401 g/mol. The summed E-state index contributed by atoms with van der Waals surface area (Å²) in [6, 6.07) is 5.48. The predicted octanol–water partition coefficient (Wildman–Crippen LogP) is 2.35. The lowest BCUT2D eigenvalue weighted by molar-refractivity contribution is -0.134. The monoisotopic (exact) mass is 400 g/mol. The minimum Gasteiger partial charge on any atom is -0.342 e. The highest BCUT2D eigenvalue weighted by Gasteiger charge is 2.35. The molecule has 1 atom stereocenters. The molecule has 3 rings (SSSR count). The number of hydrogen-bond acceptors (Lipinski definition) is 4. The van der Waals surface area contributed by atoms with E-state index in [4.69, 9.17) is 5.73 Å². The van der Waals surface area contributed by atoms with E-state index in [0.29, 0.717) is 18.0 Å². The molecule has 1 aliphatic carbocycles. The van der Waals surface area contributed by atoms with Gasteiger partial charge in [0, 0.05) is 25.6 Å². The fraction of sp³-hybridized carbons (Fsp3) is 0.632. The number of nitrogens with zero attached hydrogens (tertiary/aromatic N) is 1. The zero-order valence-electron chi connectivity index (χ0n) is 15.5. The zero-order valence-corrected chi connectivity index (χ0v) is 17.2. The second kappa shape index (κ2) is 7.87. The number of amides is 1. The van der Waals surface area contributed by atoms with Crippen LogP contribution in [0.1, 0.15) is 44.2 Å². The number of fused-ring (bicyclic) bond motifs is 1. The quantitative estimate of drug-likeness (QED) is 0.841. The van der Waals surface area contributed by atoms with Crippen molar-refractivity contribution in [3.63, 3.8) is 0 Å². The van der Waals surface area contributed by atoms with E-state index in [1.165, 1.54) is 5.56 Å². The molecular formula is C19H29ClN2O3S. The Balaban J connectivity index is 0.00000243. The van der Waals surface area contributed by atoms with Crippen molar-refractivity contribution >= 4 is 28.2 Å². The van der Waals surface area contributed by atoms with Crippen molar-refractivity contribution in [2.75, 3.05) is 18.8 Å². The zero-order chi connectivity index (χ0) is 18.2. The van der Waals surface area contributed by atoms with E-state index in [2.05, 4.69) is 13.8 Å². The van der Waals surface area contributed by atoms with Crippen molar-refractivity contribution in [1.29, 1.82) is 0 Å². The van der Waals surface area contributed by atoms with Gasteiger partial charge in [-0.2, -0.15) is 0 Å². The summed E-state index contributed by atoms with van der Waals surface area (Å²) in [6.45, 7) is 5.31. The first-order valence-corrected chi connectivity index (χ1v) is 10.7. The van der Waals surface area contributed by atoms with Gasteiger partial charge in [-0.15, -0.1) is 12.4 Å². The molecule has 2 N–H and O–H groups in total. The van der Waals surface area contributed by atoms with Crippen LogP contribution in [0.3, 0.4) is 0 Å². The van der Waals surface area contributed by atoms with Gasteiger partial charge in [-0.3, -0.25) is 4.79 Å². The molecule has 0 aromatic heterocycles. The summed E-state index contributed by atoms with van der Waals surface area (Å²) in [5.41, 5.74) is 8.36. The second-order valence-electron chi connectivity index (χ2n) is 8.05. The van der Waals surface area contributed by atoms with Gasteiger partial charge in [-0.05, 0) is 54.4 Å². The van der Waals surface area contributed by atoms with Crippen LogP contribution in [-0.2, 0) is 27.5 Å². The number of carbonyl (C=O) groups excluding carboxylic acids is 1. The van der Waals surface area contributed by atoms with Gasteiger partial charge < -0.3 is 10.6 Å². The lowest BCUT2D eigenvalue weighted by Crippen LogP contribution is -2.54. The van der Waals surface area contributed by atoms with Gasteiger partial charge in [0.15, 0.2) is 9.84 Å². The maximum Gasteiger partial charge on any atom is 0.223 e. The number of aryl methyl sites for hydroxylation is 2. The molecule has 146 valence electrons. The third-order valence-electron chi connectivity index (χ3n) is 5.68. The first kappa shape index (κ1) is 21.2. The number of piperidine rings is 1. The summed E-state index contributed by atoms with van der Waals surface area (Å²) >= 11 is 0. The van der Waals surface area contributed by atoms with Crippen LogP contribution in [0.5, 0.6) is 0 Å². The van der Waals surface area contributed by atoms with Crippen LogP contribution in [0.25, 0.3) is 0 Å². The molecule has 1 aromatic carbocycles. The van der Waals surface area contributed by atoms with Gasteiger partial charge in [0.2, 0.25) is 5.91 Å². The van der Waals surface area contributed by atoms with Gasteiger partial charge in [-0.1, -0.05) is 19.9 Å². The highest BCUT2D eigenvalue weighted by molar-refractivity contribution is 7.91. The Labute approximate surface area is 162 Å². The normalized spacial score (nSPS) is 21.8. The van der Waals surface area contributed by atoms with Crippen LogP contribution in [0, 0.1) is 5.41 Å². The summed E-state index contributed by atoms with van der Waals surface area (Å²) in [5, 5.41) is 0. The Bertz CT molecular complexity index is 777. The van der Waals surface area contributed by atoms with Gasteiger partial charge in [0.25, 0.3) is 0 Å². The van der Waals surface area contributed by atoms with E-state index in [9.17, 15) is 13.2 Å². The summed E-state index contributed by atoms with van der Waals surface area (Å²) < 4.78 is 25.2. The molecule has 1 aliphatic heterocycles. The van der Waals surface area contributed by atoms with Gasteiger partial charge in [0.1, 0.15) is 0 Å². The van der Waals surface area contributed by atoms with E-state index < -0.39 is 9.84 Å². The number of sulfone groups is 1. The molecule has 0 bridgehead atoms. The van der Waals surface area contributed by atoms with Crippen LogP contribution in [0.15, 0.2) is 23.1 Å². The average Bonchev–Trinajstić information content (AvgIpc) is 3.02. The summed E-state index contributed by atoms with van der Waals surface area (Å²) in [4.78, 5) is 14.6. The maximum absolute atomic E-state index is 12.6. The van der Waals surface area contributed by atoms with Crippen molar-refractivity contribution in [2.45, 2.75) is 56.9 Å². The molecule has 1 fully saturated rings. The summed E-state index contributed by atoms with van der Waals surface area (Å²) in [5.74, 6) is -0.224. The summed E-state index contributed by atoms with van der Waals surface area (Å²) in [7, 11) is -3.43. The lowest BCUT2D eigenvalue weighted by Gasteiger charge is -2.42. The van der Waals surface area contributed by atoms with Gasteiger partial charge in [-0.25, -0.2) is 8.42 Å². The Morgan fingerprint density at radius 1 is 1.27 bits per heavy atom. The number of carbonyl (C=O) groups is 1. The molecule has 7 heteroatoms. The topological polar surface area (TPSA) is 80.5 Å². The number of halogens is 1. The van der Waals surface area contributed by atoms with Crippen molar-refractivity contribution in [3.8, 4) is 0 Å². The highest BCUT2D eigenvalue weighted by atomic mass is 35.5. The highest BCUT2D eigenvalue weighted by Crippen LogP contribution is 2.28. The predicted molar refractivity (Wildman–Crippen MR) is 105 cm³/mol. The molecule has 0 spiro atoms. The van der Waals surface area contributed by atoms with Crippen molar-refractivity contribution in [1.82, 2.24) is 4.90 Å². The van der Waals surface area contributed by atoms with E-state index >= 15 is 0 Å². The van der Waals surface area contributed by atoms with E-state index in [1.54, 1.807) is 17.0 Å². The molecule has 1 aromatic rings. The maximum atomic E-state index is 12.6. The van der Waals surface area contributed by atoms with Gasteiger partial charge >= 0.3 is 0 Å². The fourth-order valence-corrected chi connectivity index (χ4v) is 5.10. The molecule has 0 saturated carbocycles. The Hall–Kier alpha value is -1.11. The molecule has 2 aliphatic rings. The first-order valence-electron chi connectivity index (χ1n) is 9.07. The SMILES string of the molecule is CC1(C)CN(C(=O)CCS(=O)(=O)c2ccc3c(c2)CCC3)CCC1N.Cl. The van der Waals surface area contributed by atoms with Crippen LogP contribution < -0.4 is 5.73 Å². The number of likely N-dealkylation sites (tertiary alicyclic amines) is 1. The van der Waals surface area contributed by atoms with Gasteiger partial charge in [0.05, 0.1) is 10.6 Å². The number of benzene rings is 1. The molecular weight excluding hydrogens is 372 g/mol. The minimum atomic E-state index is -3.43. The Morgan fingerprint density at radius 2 is 1.96 bits per heavy atom. The van der Waals surface area contributed by atoms with Crippen LogP contribution in [0.2, 0.25) is 0 Å². The molecule has 1 unspecified atom stereocenters. The van der Waals surface area contributed by atoms with E-state index in [-0.39, 0.29) is 41.9 Å². The number of rotatable bonds is 4. The third kappa shape index (κ3) is 4.41. The lowest BCUT2D eigenvalue weighted by atomic mass is 9.79. The number of nitrogens with two attached hydrogens (primary N) is 1. The Kier molecular flexibility index (Phi) is 6.41. The minimum absolute atomic E-state index is 0. The smallest absolute Gasteiger partial charge is 0.223 e. The van der Waals surface area contributed by atoms with Crippen molar-refractivity contribution < 1.29 is 13.2 Å².